The fourth-order valence-electron chi connectivity index (χ4n) is 2.39. The van der Waals surface area contributed by atoms with Crippen molar-refractivity contribution in [2.75, 3.05) is 32.6 Å². The first-order valence-electron chi connectivity index (χ1n) is 8.20. The Morgan fingerprint density at radius 1 is 1.18 bits per heavy atom. The molecule has 2 aromatic carbocycles. The largest absolute Gasteiger partial charge is 0.497 e. The molecule has 1 amide bonds. The van der Waals surface area contributed by atoms with Crippen molar-refractivity contribution < 1.29 is 22.7 Å². The highest BCUT2D eigenvalue weighted by Gasteiger charge is 2.26. The highest BCUT2D eigenvalue weighted by molar-refractivity contribution is 7.89. The number of rotatable bonds is 9. The quantitative estimate of drug-likeness (QED) is 0.625. The fraction of sp³-hybridized carbons (Fsp3) is 0.211. The van der Waals surface area contributed by atoms with Gasteiger partial charge in [0.1, 0.15) is 11.5 Å². The normalized spacial score (nSPS) is 11.1. The topological polar surface area (TPSA) is 84.9 Å². The number of amides is 1. The van der Waals surface area contributed by atoms with Gasteiger partial charge < -0.3 is 14.8 Å². The first kappa shape index (κ1) is 21.7. The van der Waals surface area contributed by atoms with Crippen molar-refractivity contribution in [2.24, 2.45) is 0 Å². The Labute approximate surface area is 169 Å². The average Bonchev–Trinajstić information content (AvgIpc) is 2.67. The van der Waals surface area contributed by atoms with Crippen LogP contribution in [0.2, 0.25) is 5.02 Å². The molecule has 0 saturated carbocycles. The summed E-state index contributed by atoms with van der Waals surface area (Å²) in [6, 6.07) is 10.7. The lowest BCUT2D eigenvalue weighted by molar-refractivity contribution is -0.116. The van der Waals surface area contributed by atoms with Crippen molar-refractivity contribution in [3.05, 3.63) is 60.1 Å². The third-order valence-corrected chi connectivity index (χ3v) is 5.91. The number of ether oxygens (including phenoxy) is 2. The van der Waals surface area contributed by atoms with Crippen LogP contribution < -0.4 is 14.8 Å². The zero-order chi connectivity index (χ0) is 20.7. The van der Waals surface area contributed by atoms with Gasteiger partial charge in [0, 0.05) is 12.2 Å². The lowest BCUT2D eigenvalue weighted by Crippen LogP contribution is -2.38. The molecule has 0 fully saturated rings. The highest BCUT2D eigenvalue weighted by Crippen LogP contribution is 2.27. The van der Waals surface area contributed by atoms with Crippen LogP contribution in [-0.4, -0.2) is 45.9 Å². The summed E-state index contributed by atoms with van der Waals surface area (Å²) in [6.45, 7) is 3.16. The molecule has 2 rings (SSSR count). The number of carbonyl (C=O) groups is 1. The fourth-order valence-corrected chi connectivity index (χ4v) is 4.02. The van der Waals surface area contributed by atoms with Gasteiger partial charge in [0.15, 0.2) is 0 Å². The number of hydrogen-bond acceptors (Lipinski definition) is 5. The average molecular weight is 425 g/mol. The maximum Gasteiger partial charge on any atom is 0.243 e. The smallest absolute Gasteiger partial charge is 0.243 e. The van der Waals surface area contributed by atoms with Crippen molar-refractivity contribution >= 4 is 33.2 Å². The van der Waals surface area contributed by atoms with Crippen LogP contribution in [0.25, 0.3) is 0 Å². The van der Waals surface area contributed by atoms with E-state index in [9.17, 15) is 13.2 Å². The third kappa shape index (κ3) is 5.25. The van der Waals surface area contributed by atoms with Crippen molar-refractivity contribution in [3.8, 4) is 11.5 Å². The monoisotopic (exact) mass is 424 g/mol. The van der Waals surface area contributed by atoms with E-state index in [1.165, 1.54) is 38.5 Å². The Hall–Kier alpha value is -2.55. The minimum absolute atomic E-state index is 0.0227. The highest BCUT2D eigenvalue weighted by atomic mass is 35.5. The molecule has 9 heteroatoms. The Balaban J connectivity index is 2.17. The molecule has 28 heavy (non-hydrogen) atoms. The maximum atomic E-state index is 12.9. The zero-order valence-corrected chi connectivity index (χ0v) is 17.1. The lowest BCUT2D eigenvalue weighted by Gasteiger charge is -2.20. The summed E-state index contributed by atoms with van der Waals surface area (Å²) in [5, 5.41) is 2.95. The summed E-state index contributed by atoms with van der Waals surface area (Å²) in [6.07, 6.45) is 1.42. The van der Waals surface area contributed by atoms with E-state index in [4.69, 9.17) is 21.1 Å². The standard InChI is InChI=1S/C19H21ClN2O5S/c1-4-11-22(28(24,25)16-8-6-15(26-2)7-9-16)13-19(23)21-14-5-10-18(27-3)17(20)12-14/h4-10,12H,1,11,13H2,2-3H3,(H,21,23). The summed E-state index contributed by atoms with van der Waals surface area (Å²) in [4.78, 5) is 12.4. The summed E-state index contributed by atoms with van der Waals surface area (Å²) >= 11 is 6.04. The second-order valence-corrected chi connectivity index (χ2v) is 8.00. The Morgan fingerprint density at radius 2 is 1.86 bits per heavy atom. The molecule has 7 nitrogen and oxygen atoms in total. The number of benzene rings is 2. The number of methoxy groups -OCH3 is 2. The van der Waals surface area contributed by atoms with Crippen LogP contribution >= 0.6 is 11.6 Å². The first-order chi connectivity index (χ1) is 13.3. The van der Waals surface area contributed by atoms with Crippen LogP contribution in [0.15, 0.2) is 60.0 Å². The van der Waals surface area contributed by atoms with E-state index in [-0.39, 0.29) is 18.0 Å². The van der Waals surface area contributed by atoms with Gasteiger partial charge in [0.05, 0.1) is 30.7 Å². The molecular weight excluding hydrogens is 404 g/mol. The molecule has 0 aliphatic carbocycles. The van der Waals surface area contributed by atoms with E-state index in [1.54, 1.807) is 24.3 Å². The molecule has 2 aromatic rings. The molecule has 1 N–H and O–H groups in total. The van der Waals surface area contributed by atoms with E-state index in [0.29, 0.717) is 22.2 Å². The number of hydrogen-bond donors (Lipinski definition) is 1. The van der Waals surface area contributed by atoms with Crippen molar-refractivity contribution in [2.45, 2.75) is 4.90 Å². The van der Waals surface area contributed by atoms with Crippen LogP contribution in [0.5, 0.6) is 11.5 Å². The van der Waals surface area contributed by atoms with Gasteiger partial charge in [-0.05, 0) is 42.5 Å². The van der Waals surface area contributed by atoms with Crippen molar-refractivity contribution in [3.63, 3.8) is 0 Å². The predicted octanol–water partition coefficient (Wildman–Crippen LogP) is 3.17. The molecular formula is C19H21ClN2O5S. The minimum atomic E-state index is -3.89. The van der Waals surface area contributed by atoms with Crippen LogP contribution in [-0.2, 0) is 14.8 Å². The van der Waals surface area contributed by atoms with E-state index < -0.39 is 15.9 Å². The van der Waals surface area contributed by atoms with Gasteiger partial charge in [0.25, 0.3) is 0 Å². The van der Waals surface area contributed by atoms with Gasteiger partial charge in [-0.15, -0.1) is 6.58 Å². The number of halogens is 1. The molecule has 0 unspecified atom stereocenters. The van der Waals surface area contributed by atoms with E-state index >= 15 is 0 Å². The summed E-state index contributed by atoms with van der Waals surface area (Å²) < 4.78 is 36.9. The molecule has 0 aliphatic heterocycles. The van der Waals surface area contributed by atoms with E-state index in [2.05, 4.69) is 11.9 Å². The summed E-state index contributed by atoms with van der Waals surface area (Å²) in [5.74, 6) is 0.485. The van der Waals surface area contributed by atoms with E-state index in [0.717, 1.165) is 4.31 Å². The zero-order valence-electron chi connectivity index (χ0n) is 15.5. The van der Waals surface area contributed by atoms with Gasteiger partial charge >= 0.3 is 0 Å². The maximum absolute atomic E-state index is 12.9. The second kappa shape index (κ2) is 9.59. The number of nitrogens with zero attached hydrogens (tertiary/aromatic N) is 1. The molecule has 0 aromatic heterocycles. The van der Waals surface area contributed by atoms with Gasteiger partial charge in [-0.2, -0.15) is 4.31 Å². The minimum Gasteiger partial charge on any atom is -0.497 e. The second-order valence-electron chi connectivity index (χ2n) is 5.66. The Kier molecular flexibility index (Phi) is 7.45. The molecule has 0 spiro atoms. The van der Waals surface area contributed by atoms with Crippen molar-refractivity contribution in [1.82, 2.24) is 4.31 Å². The number of carbonyl (C=O) groups excluding carboxylic acids is 1. The SMILES string of the molecule is C=CCN(CC(=O)Nc1ccc(OC)c(Cl)c1)S(=O)(=O)c1ccc(OC)cc1. The molecule has 150 valence electrons. The first-order valence-corrected chi connectivity index (χ1v) is 10.0. The Bertz CT molecular complexity index is 945. The molecule has 0 heterocycles. The number of sulfonamides is 1. The van der Waals surface area contributed by atoms with Crippen molar-refractivity contribution in [1.29, 1.82) is 0 Å². The van der Waals surface area contributed by atoms with Crippen LogP contribution in [0, 0.1) is 0 Å². The molecule has 0 radical (unpaired) electrons. The summed E-state index contributed by atoms with van der Waals surface area (Å²) in [7, 11) is -0.923. The van der Waals surface area contributed by atoms with E-state index in [1.807, 2.05) is 0 Å². The van der Waals surface area contributed by atoms with Crippen LogP contribution in [0.3, 0.4) is 0 Å². The Morgan fingerprint density at radius 3 is 2.39 bits per heavy atom. The van der Waals surface area contributed by atoms with Gasteiger partial charge in [-0.25, -0.2) is 8.42 Å². The molecule has 0 bridgehead atoms. The number of anilines is 1. The third-order valence-electron chi connectivity index (χ3n) is 3.79. The molecule has 0 aliphatic rings. The van der Waals surface area contributed by atoms with Gasteiger partial charge in [0.2, 0.25) is 15.9 Å². The summed E-state index contributed by atoms with van der Waals surface area (Å²) in [5.41, 5.74) is 0.427. The van der Waals surface area contributed by atoms with Crippen LogP contribution in [0.4, 0.5) is 5.69 Å². The van der Waals surface area contributed by atoms with Gasteiger partial charge in [-0.1, -0.05) is 17.7 Å². The molecule has 0 atom stereocenters. The number of nitrogens with one attached hydrogen (secondary N) is 1. The predicted molar refractivity (Wildman–Crippen MR) is 109 cm³/mol. The van der Waals surface area contributed by atoms with Gasteiger partial charge in [-0.3, -0.25) is 4.79 Å². The molecule has 0 saturated heterocycles. The lowest BCUT2D eigenvalue weighted by atomic mass is 10.3. The van der Waals surface area contributed by atoms with Crippen LogP contribution in [0.1, 0.15) is 0 Å².